The molecule has 0 saturated carbocycles. The number of methoxy groups -OCH3 is 1. The van der Waals surface area contributed by atoms with Crippen LogP contribution in [0.3, 0.4) is 0 Å². The molecule has 2 aromatic carbocycles. The van der Waals surface area contributed by atoms with Crippen LogP contribution in [0.1, 0.15) is 5.56 Å². The third kappa shape index (κ3) is 3.04. The van der Waals surface area contributed by atoms with E-state index in [0.29, 0.717) is 6.54 Å². The fourth-order valence-electron chi connectivity index (χ4n) is 2.51. The second-order valence-electron chi connectivity index (χ2n) is 4.84. The van der Waals surface area contributed by atoms with E-state index < -0.39 is 0 Å². The Morgan fingerprint density at radius 1 is 1.05 bits per heavy atom. The Morgan fingerprint density at radius 2 is 1.76 bits per heavy atom. The van der Waals surface area contributed by atoms with E-state index in [9.17, 15) is 0 Å². The van der Waals surface area contributed by atoms with Crippen molar-refractivity contribution in [2.24, 2.45) is 5.73 Å². The Bertz CT molecular complexity index is 719. The number of rotatable bonds is 4. The lowest BCUT2D eigenvalue weighted by Gasteiger charge is -2.04. The van der Waals surface area contributed by atoms with Gasteiger partial charge in [-0.15, -0.1) is 12.4 Å². The van der Waals surface area contributed by atoms with Gasteiger partial charge in [-0.05, 0) is 47.9 Å². The highest BCUT2D eigenvalue weighted by Gasteiger charge is 2.05. The monoisotopic (exact) mass is 302 g/mol. The lowest BCUT2D eigenvalue weighted by molar-refractivity contribution is 0.415. The van der Waals surface area contributed by atoms with E-state index in [1.807, 2.05) is 12.1 Å². The first-order chi connectivity index (χ1) is 9.81. The molecular formula is C17H19ClN2O. The van der Waals surface area contributed by atoms with Gasteiger partial charge in [0.15, 0.2) is 0 Å². The van der Waals surface area contributed by atoms with Gasteiger partial charge in [0.2, 0.25) is 0 Å². The zero-order valence-corrected chi connectivity index (χ0v) is 12.7. The maximum absolute atomic E-state index is 5.63. The molecule has 3 nitrogen and oxygen atoms in total. The van der Waals surface area contributed by atoms with Crippen molar-refractivity contribution < 1.29 is 4.74 Å². The lowest BCUT2D eigenvalue weighted by Crippen LogP contribution is -2.01. The molecule has 0 amide bonds. The first-order valence-corrected chi connectivity index (χ1v) is 6.76. The molecule has 0 aliphatic heterocycles. The number of aromatic amines is 1. The summed E-state index contributed by atoms with van der Waals surface area (Å²) in [6, 6.07) is 14.6. The summed E-state index contributed by atoms with van der Waals surface area (Å²) in [5.41, 5.74) is 10.4. The molecule has 3 aromatic rings. The second kappa shape index (κ2) is 6.66. The topological polar surface area (TPSA) is 51.0 Å². The molecule has 1 aromatic heterocycles. The minimum absolute atomic E-state index is 0. The van der Waals surface area contributed by atoms with Crippen molar-refractivity contribution >= 4 is 23.3 Å². The minimum Gasteiger partial charge on any atom is -0.497 e. The Balaban J connectivity index is 0.00000161. The Hall–Kier alpha value is -1.97. The van der Waals surface area contributed by atoms with E-state index in [1.165, 1.54) is 22.1 Å². The molecule has 0 spiro atoms. The van der Waals surface area contributed by atoms with Gasteiger partial charge < -0.3 is 15.5 Å². The molecule has 0 aliphatic carbocycles. The highest BCUT2D eigenvalue weighted by Crippen LogP contribution is 2.27. The van der Waals surface area contributed by atoms with E-state index >= 15 is 0 Å². The molecule has 0 atom stereocenters. The summed E-state index contributed by atoms with van der Waals surface area (Å²) in [7, 11) is 1.68. The highest BCUT2D eigenvalue weighted by atomic mass is 35.5. The van der Waals surface area contributed by atoms with Crippen LogP contribution in [-0.4, -0.2) is 18.6 Å². The maximum Gasteiger partial charge on any atom is 0.118 e. The Morgan fingerprint density at radius 3 is 2.43 bits per heavy atom. The number of hydrogen-bond donors (Lipinski definition) is 2. The van der Waals surface area contributed by atoms with Crippen LogP contribution in [0.4, 0.5) is 0 Å². The number of ether oxygens (including phenoxy) is 1. The number of benzene rings is 2. The van der Waals surface area contributed by atoms with Gasteiger partial charge >= 0.3 is 0 Å². The lowest BCUT2D eigenvalue weighted by atomic mass is 10.0. The van der Waals surface area contributed by atoms with E-state index in [4.69, 9.17) is 10.5 Å². The first-order valence-electron chi connectivity index (χ1n) is 6.76. The van der Waals surface area contributed by atoms with Crippen LogP contribution < -0.4 is 10.5 Å². The van der Waals surface area contributed by atoms with Crippen LogP contribution in [0.5, 0.6) is 5.75 Å². The fourth-order valence-corrected chi connectivity index (χ4v) is 2.51. The maximum atomic E-state index is 5.63. The van der Waals surface area contributed by atoms with Crippen molar-refractivity contribution in [3.63, 3.8) is 0 Å². The summed E-state index contributed by atoms with van der Waals surface area (Å²) < 4.78 is 5.19. The minimum atomic E-state index is 0. The van der Waals surface area contributed by atoms with Gasteiger partial charge in [-0.1, -0.05) is 24.3 Å². The molecule has 1 heterocycles. The summed E-state index contributed by atoms with van der Waals surface area (Å²) in [6.45, 7) is 0.674. The van der Waals surface area contributed by atoms with Gasteiger partial charge in [-0.2, -0.15) is 0 Å². The third-order valence-electron chi connectivity index (χ3n) is 3.60. The van der Waals surface area contributed by atoms with Gasteiger partial charge in [0, 0.05) is 17.1 Å². The standard InChI is InChI=1S/C17H18N2O.ClH/c1-20-15-5-2-12(3-6-15)13-4-7-16-14(8-9-18)11-19-17(16)10-13;/h2-7,10-11,19H,8-9,18H2,1H3;1H. The third-order valence-corrected chi connectivity index (χ3v) is 3.60. The molecule has 0 saturated heterocycles. The van der Waals surface area contributed by atoms with Crippen LogP contribution >= 0.6 is 12.4 Å². The summed E-state index contributed by atoms with van der Waals surface area (Å²) in [6.07, 6.45) is 2.96. The van der Waals surface area contributed by atoms with Gasteiger partial charge in [0.1, 0.15) is 5.75 Å². The van der Waals surface area contributed by atoms with Crippen molar-refractivity contribution in [1.29, 1.82) is 0 Å². The number of halogens is 1. The van der Waals surface area contributed by atoms with Gasteiger partial charge in [-0.3, -0.25) is 0 Å². The average Bonchev–Trinajstić information content (AvgIpc) is 2.90. The van der Waals surface area contributed by atoms with Crippen LogP contribution in [0.15, 0.2) is 48.7 Å². The molecule has 3 rings (SSSR count). The average molecular weight is 303 g/mol. The SMILES string of the molecule is COc1ccc(-c2ccc3c(CCN)c[nH]c3c2)cc1.Cl. The van der Waals surface area contributed by atoms with Crippen molar-refractivity contribution in [2.45, 2.75) is 6.42 Å². The van der Waals surface area contributed by atoms with E-state index in [1.54, 1.807) is 7.11 Å². The molecule has 21 heavy (non-hydrogen) atoms. The Kier molecular flexibility index (Phi) is 4.89. The zero-order valence-electron chi connectivity index (χ0n) is 11.9. The van der Waals surface area contributed by atoms with Crippen LogP contribution in [0.2, 0.25) is 0 Å². The molecule has 0 fully saturated rings. The molecule has 0 bridgehead atoms. The largest absolute Gasteiger partial charge is 0.497 e. The molecule has 0 aliphatic rings. The molecule has 0 radical (unpaired) electrons. The van der Waals surface area contributed by atoms with Gasteiger partial charge in [-0.25, -0.2) is 0 Å². The van der Waals surface area contributed by atoms with Crippen molar-refractivity contribution in [1.82, 2.24) is 4.98 Å². The predicted molar refractivity (Wildman–Crippen MR) is 90.3 cm³/mol. The van der Waals surface area contributed by atoms with Crippen LogP contribution in [0, 0.1) is 0 Å². The van der Waals surface area contributed by atoms with Crippen molar-refractivity contribution in [2.75, 3.05) is 13.7 Å². The molecule has 4 heteroatoms. The summed E-state index contributed by atoms with van der Waals surface area (Å²) in [4.78, 5) is 3.33. The fraction of sp³-hybridized carbons (Fsp3) is 0.176. The van der Waals surface area contributed by atoms with Crippen LogP contribution in [0.25, 0.3) is 22.0 Å². The van der Waals surface area contributed by atoms with E-state index in [0.717, 1.165) is 17.7 Å². The molecule has 3 N–H and O–H groups in total. The summed E-state index contributed by atoms with van der Waals surface area (Å²) >= 11 is 0. The Labute approximate surface area is 130 Å². The quantitative estimate of drug-likeness (QED) is 0.771. The number of hydrogen-bond acceptors (Lipinski definition) is 2. The predicted octanol–water partition coefficient (Wildman–Crippen LogP) is 3.77. The van der Waals surface area contributed by atoms with Gasteiger partial charge in [0.05, 0.1) is 7.11 Å². The number of nitrogens with one attached hydrogen (secondary N) is 1. The normalized spacial score (nSPS) is 10.4. The molecule has 0 unspecified atom stereocenters. The summed E-state index contributed by atoms with van der Waals surface area (Å²) in [5, 5.41) is 1.26. The summed E-state index contributed by atoms with van der Waals surface area (Å²) in [5.74, 6) is 0.875. The highest BCUT2D eigenvalue weighted by molar-refractivity contribution is 5.87. The van der Waals surface area contributed by atoms with Crippen molar-refractivity contribution in [3.05, 3.63) is 54.2 Å². The first kappa shape index (κ1) is 15.4. The van der Waals surface area contributed by atoms with Crippen molar-refractivity contribution in [3.8, 4) is 16.9 Å². The molecule has 110 valence electrons. The van der Waals surface area contributed by atoms with Gasteiger partial charge in [0.25, 0.3) is 0 Å². The second-order valence-corrected chi connectivity index (χ2v) is 4.84. The number of nitrogens with two attached hydrogens (primary N) is 1. The zero-order chi connectivity index (χ0) is 13.9. The number of aromatic nitrogens is 1. The number of fused-ring (bicyclic) bond motifs is 1. The van der Waals surface area contributed by atoms with E-state index in [2.05, 4.69) is 41.5 Å². The van der Waals surface area contributed by atoms with Crippen LogP contribution in [-0.2, 0) is 6.42 Å². The van der Waals surface area contributed by atoms with E-state index in [-0.39, 0.29) is 12.4 Å². The number of H-pyrrole nitrogens is 1. The molecular weight excluding hydrogens is 284 g/mol. The smallest absolute Gasteiger partial charge is 0.118 e.